The van der Waals surface area contributed by atoms with Gasteiger partial charge in [-0.25, -0.2) is 4.79 Å². The zero-order chi connectivity index (χ0) is 10.7. The molecule has 0 aliphatic heterocycles. The van der Waals surface area contributed by atoms with E-state index in [-0.39, 0.29) is 17.5 Å². The van der Waals surface area contributed by atoms with Gasteiger partial charge in [0.2, 0.25) is 0 Å². The van der Waals surface area contributed by atoms with Gasteiger partial charge in [0.05, 0.1) is 6.04 Å². The number of ketones is 1. The number of allylic oxidation sites excluding steroid dienone is 1. The molecule has 0 aliphatic rings. The molecule has 1 aromatic heterocycles. The zero-order valence-corrected chi connectivity index (χ0v) is 8.34. The van der Waals surface area contributed by atoms with E-state index in [2.05, 4.69) is 10.4 Å². The fourth-order valence-electron chi connectivity index (χ4n) is 0.861. The molecule has 0 bridgehead atoms. The summed E-state index contributed by atoms with van der Waals surface area (Å²) < 4.78 is 2.27. The molecule has 1 aromatic rings. The molecule has 0 saturated carbocycles. The van der Waals surface area contributed by atoms with Crippen LogP contribution in [0.25, 0.3) is 6.20 Å². The lowest BCUT2D eigenvalue weighted by molar-refractivity contribution is -0.112. The molecule has 76 valence electrons. The van der Waals surface area contributed by atoms with Crippen LogP contribution in [0.1, 0.15) is 26.8 Å². The van der Waals surface area contributed by atoms with Crippen molar-refractivity contribution in [3.05, 3.63) is 16.6 Å². The van der Waals surface area contributed by atoms with Gasteiger partial charge in [-0.3, -0.25) is 4.79 Å². The van der Waals surface area contributed by atoms with Crippen molar-refractivity contribution in [2.45, 2.75) is 26.8 Å². The molecule has 0 aliphatic carbocycles. The van der Waals surface area contributed by atoms with Crippen molar-refractivity contribution in [3.63, 3.8) is 0 Å². The minimum Gasteiger partial charge on any atom is -0.295 e. The molecule has 6 heteroatoms. The third-order valence-electron chi connectivity index (χ3n) is 1.56. The molecular formula is C8H12N4O2. The summed E-state index contributed by atoms with van der Waals surface area (Å²) in [5, 5.41) is 7.23. The topological polar surface area (TPSA) is 69.8 Å². The Kier molecular flexibility index (Phi) is 2.95. The Morgan fingerprint density at radius 1 is 1.43 bits per heavy atom. The minimum atomic E-state index is -0.350. The highest BCUT2D eigenvalue weighted by Gasteiger charge is 2.06. The van der Waals surface area contributed by atoms with Gasteiger partial charge >= 0.3 is 5.69 Å². The first-order chi connectivity index (χ1) is 6.52. The van der Waals surface area contributed by atoms with Gasteiger partial charge in [-0.1, -0.05) is 0 Å². The summed E-state index contributed by atoms with van der Waals surface area (Å²) in [5.41, 5.74) is -0.350. The molecule has 0 amide bonds. The van der Waals surface area contributed by atoms with Crippen molar-refractivity contribution in [2.24, 2.45) is 0 Å². The van der Waals surface area contributed by atoms with E-state index >= 15 is 0 Å². The predicted molar refractivity (Wildman–Crippen MR) is 50.7 cm³/mol. The van der Waals surface area contributed by atoms with Crippen molar-refractivity contribution in [3.8, 4) is 0 Å². The summed E-state index contributed by atoms with van der Waals surface area (Å²) in [7, 11) is 0. The fraction of sp³-hybridized carbons (Fsp3) is 0.500. The fourth-order valence-corrected chi connectivity index (χ4v) is 0.861. The summed E-state index contributed by atoms with van der Waals surface area (Å²) in [5.74, 6) is -0.143. The van der Waals surface area contributed by atoms with Crippen LogP contribution in [0.3, 0.4) is 0 Å². The Morgan fingerprint density at radius 3 is 2.50 bits per heavy atom. The second kappa shape index (κ2) is 3.99. The molecule has 0 aromatic carbocycles. The number of nitrogens with zero attached hydrogens (tertiary/aromatic N) is 4. The Balaban J connectivity index is 3.02. The monoisotopic (exact) mass is 196 g/mol. The molecule has 0 fully saturated rings. The van der Waals surface area contributed by atoms with Gasteiger partial charge in [-0.2, -0.15) is 9.36 Å². The molecule has 6 nitrogen and oxygen atoms in total. The van der Waals surface area contributed by atoms with Crippen molar-refractivity contribution < 1.29 is 4.79 Å². The number of carbonyl (C=O) groups excluding carboxylic acids is 1. The second-order valence-electron chi connectivity index (χ2n) is 3.17. The van der Waals surface area contributed by atoms with Gasteiger partial charge in [-0.15, -0.1) is 0 Å². The molecule has 0 radical (unpaired) electrons. The SMILES string of the molecule is CC(=O)/C=C/n1nnn(C(C)C)c1=O. The highest BCUT2D eigenvalue weighted by molar-refractivity contribution is 5.89. The van der Waals surface area contributed by atoms with Crippen LogP contribution in [0.15, 0.2) is 10.9 Å². The van der Waals surface area contributed by atoms with Gasteiger partial charge < -0.3 is 0 Å². The molecule has 14 heavy (non-hydrogen) atoms. The van der Waals surface area contributed by atoms with E-state index in [1.165, 1.54) is 23.9 Å². The van der Waals surface area contributed by atoms with E-state index in [0.717, 1.165) is 4.68 Å². The summed E-state index contributed by atoms with van der Waals surface area (Å²) >= 11 is 0. The summed E-state index contributed by atoms with van der Waals surface area (Å²) in [6.45, 7) is 5.05. The van der Waals surface area contributed by atoms with Crippen molar-refractivity contribution in [1.29, 1.82) is 0 Å². The van der Waals surface area contributed by atoms with Crippen LogP contribution in [0.2, 0.25) is 0 Å². The maximum absolute atomic E-state index is 11.5. The second-order valence-corrected chi connectivity index (χ2v) is 3.17. The molecule has 0 spiro atoms. The number of carbonyl (C=O) groups is 1. The average molecular weight is 196 g/mol. The van der Waals surface area contributed by atoms with Gasteiger partial charge in [0.15, 0.2) is 5.78 Å². The first kappa shape index (κ1) is 10.4. The Morgan fingerprint density at radius 2 is 2.07 bits per heavy atom. The Labute approximate surface area is 80.8 Å². The number of hydrogen-bond donors (Lipinski definition) is 0. The molecular weight excluding hydrogens is 184 g/mol. The van der Waals surface area contributed by atoms with E-state index < -0.39 is 0 Å². The number of aromatic nitrogens is 4. The van der Waals surface area contributed by atoms with Crippen LogP contribution < -0.4 is 5.69 Å². The number of hydrogen-bond acceptors (Lipinski definition) is 4. The summed E-state index contributed by atoms with van der Waals surface area (Å²) in [4.78, 5) is 22.1. The van der Waals surface area contributed by atoms with Crippen LogP contribution in [0.5, 0.6) is 0 Å². The van der Waals surface area contributed by atoms with Crippen LogP contribution in [-0.2, 0) is 4.79 Å². The maximum atomic E-state index is 11.5. The van der Waals surface area contributed by atoms with E-state index in [9.17, 15) is 9.59 Å². The highest BCUT2D eigenvalue weighted by atomic mass is 16.2. The largest absolute Gasteiger partial charge is 0.368 e. The maximum Gasteiger partial charge on any atom is 0.368 e. The van der Waals surface area contributed by atoms with Crippen LogP contribution in [0, 0.1) is 0 Å². The zero-order valence-electron chi connectivity index (χ0n) is 8.34. The highest BCUT2D eigenvalue weighted by Crippen LogP contribution is 1.94. The molecule has 0 saturated heterocycles. The molecule has 0 atom stereocenters. The molecule has 1 rings (SSSR count). The van der Waals surface area contributed by atoms with Gasteiger partial charge in [0.1, 0.15) is 0 Å². The van der Waals surface area contributed by atoms with E-state index in [1.807, 2.05) is 13.8 Å². The van der Waals surface area contributed by atoms with E-state index in [1.54, 1.807) is 0 Å². The lowest BCUT2D eigenvalue weighted by Crippen LogP contribution is -2.24. The lowest BCUT2D eigenvalue weighted by Gasteiger charge is -1.98. The predicted octanol–water partition coefficient (Wildman–Crippen LogP) is 0.0804. The minimum absolute atomic E-state index is 0.0398. The molecule has 0 unspecified atom stereocenters. The number of rotatable bonds is 3. The first-order valence-electron chi connectivity index (χ1n) is 4.25. The molecule has 0 N–H and O–H groups in total. The summed E-state index contributed by atoms with van der Waals surface area (Å²) in [6.07, 6.45) is 2.57. The number of tetrazole rings is 1. The van der Waals surface area contributed by atoms with Gasteiger partial charge in [0.25, 0.3) is 0 Å². The Bertz CT molecular complexity index is 413. The third kappa shape index (κ3) is 2.15. The van der Waals surface area contributed by atoms with Crippen molar-refractivity contribution in [2.75, 3.05) is 0 Å². The van der Waals surface area contributed by atoms with Crippen LogP contribution >= 0.6 is 0 Å². The van der Waals surface area contributed by atoms with Crippen molar-refractivity contribution >= 4 is 12.0 Å². The van der Waals surface area contributed by atoms with Crippen LogP contribution in [-0.4, -0.2) is 25.6 Å². The van der Waals surface area contributed by atoms with E-state index in [4.69, 9.17) is 0 Å². The normalized spacial score (nSPS) is 11.4. The smallest absolute Gasteiger partial charge is 0.295 e. The van der Waals surface area contributed by atoms with E-state index in [0.29, 0.717) is 0 Å². The van der Waals surface area contributed by atoms with Crippen LogP contribution in [0.4, 0.5) is 0 Å². The van der Waals surface area contributed by atoms with Gasteiger partial charge in [0, 0.05) is 6.20 Å². The third-order valence-corrected chi connectivity index (χ3v) is 1.56. The van der Waals surface area contributed by atoms with Gasteiger partial charge in [-0.05, 0) is 37.3 Å². The quantitative estimate of drug-likeness (QED) is 0.642. The first-order valence-corrected chi connectivity index (χ1v) is 4.25. The molecule has 1 heterocycles. The standard InChI is InChI=1S/C8H12N4O2/c1-6(2)12-8(14)11(9-10-12)5-4-7(3)13/h4-6H,1-3H3/b5-4+. The van der Waals surface area contributed by atoms with Crippen molar-refractivity contribution in [1.82, 2.24) is 19.8 Å². The average Bonchev–Trinajstić information content (AvgIpc) is 2.43. The lowest BCUT2D eigenvalue weighted by atomic mass is 10.4. The summed E-state index contributed by atoms with van der Waals surface area (Å²) in [6, 6.07) is -0.0398. The Hall–Kier alpha value is -1.72.